The highest BCUT2D eigenvalue weighted by Crippen LogP contribution is 2.15. The smallest absolute Gasteiger partial charge is 0.278 e. The number of nitrogens with zero attached hydrogens (tertiary/aromatic N) is 4. The molecule has 0 aliphatic carbocycles. The van der Waals surface area contributed by atoms with Gasteiger partial charge < -0.3 is 5.73 Å². The zero-order valence-electron chi connectivity index (χ0n) is 9.65. The summed E-state index contributed by atoms with van der Waals surface area (Å²) < 4.78 is 1.37. The van der Waals surface area contributed by atoms with Gasteiger partial charge in [-0.25, -0.2) is 9.66 Å². The van der Waals surface area contributed by atoms with E-state index in [2.05, 4.69) is 10.1 Å². The normalized spacial score (nSPS) is 10.9. The van der Waals surface area contributed by atoms with Gasteiger partial charge >= 0.3 is 0 Å². The van der Waals surface area contributed by atoms with Crippen LogP contribution in [0.5, 0.6) is 0 Å². The lowest BCUT2D eigenvalue weighted by atomic mass is 10.2. The maximum atomic E-state index is 10.8. The molecule has 18 heavy (non-hydrogen) atoms. The van der Waals surface area contributed by atoms with Gasteiger partial charge in [-0.2, -0.15) is 5.10 Å². The van der Waals surface area contributed by atoms with E-state index in [4.69, 9.17) is 5.73 Å². The molecule has 0 bridgehead atoms. The Morgan fingerprint density at radius 1 is 1.50 bits per heavy atom. The Hall–Kier alpha value is -2.70. The highest BCUT2D eigenvalue weighted by atomic mass is 16.6. The molecule has 2 N–H and O–H groups in total. The van der Waals surface area contributed by atoms with Gasteiger partial charge in [-0.05, 0) is 13.0 Å². The second kappa shape index (κ2) is 4.66. The molecule has 0 aliphatic rings. The Labute approximate surface area is 103 Å². The van der Waals surface area contributed by atoms with E-state index in [9.17, 15) is 10.1 Å². The van der Waals surface area contributed by atoms with Crippen LogP contribution in [-0.4, -0.2) is 20.8 Å². The highest BCUT2D eigenvalue weighted by Gasteiger charge is 2.10. The average Bonchev–Trinajstić information content (AvgIpc) is 2.65. The summed E-state index contributed by atoms with van der Waals surface area (Å²) in [6, 6.07) is 6.34. The lowest BCUT2D eigenvalue weighted by Gasteiger charge is -1.97. The summed E-state index contributed by atoms with van der Waals surface area (Å²) in [4.78, 5) is 14.3. The Balaban J connectivity index is 2.34. The lowest BCUT2D eigenvalue weighted by Crippen LogP contribution is -1.98. The Morgan fingerprint density at radius 2 is 2.22 bits per heavy atom. The third-order valence-electron chi connectivity index (χ3n) is 2.29. The van der Waals surface area contributed by atoms with Gasteiger partial charge in [0.1, 0.15) is 0 Å². The van der Waals surface area contributed by atoms with Crippen LogP contribution >= 0.6 is 0 Å². The van der Waals surface area contributed by atoms with Gasteiger partial charge in [0.15, 0.2) is 0 Å². The van der Waals surface area contributed by atoms with Crippen LogP contribution in [0.2, 0.25) is 0 Å². The first-order chi connectivity index (χ1) is 8.58. The number of hydrogen-bond acceptors (Lipinski definition) is 5. The number of aromatic nitrogens is 2. The van der Waals surface area contributed by atoms with Crippen LogP contribution in [0.15, 0.2) is 35.6 Å². The van der Waals surface area contributed by atoms with Gasteiger partial charge in [-0.1, -0.05) is 12.1 Å². The first-order valence-corrected chi connectivity index (χ1v) is 5.17. The van der Waals surface area contributed by atoms with Gasteiger partial charge in [0, 0.05) is 6.07 Å². The number of nitro groups is 1. The van der Waals surface area contributed by atoms with Crippen LogP contribution in [0, 0.1) is 17.0 Å². The van der Waals surface area contributed by atoms with Crippen LogP contribution in [0.25, 0.3) is 0 Å². The summed E-state index contributed by atoms with van der Waals surface area (Å²) in [5.74, 6) is 0.238. The predicted octanol–water partition coefficient (Wildman–Crippen LogP) is 1.56. The third kappa shape index (κ3) is 2.34. The predicted molar refractivity (Wildman–Crippen MR) is 67.5 cm³/mol. The summed E-state index contributed by atoms with van der Waals surface area (Å²) in [6.07, 6.45) is 3.02. The van der Waals surface area contributed by atoms with Gasteiger partial charge in [0.05, 0.1) is 28.6 Å². The summed E-state index contributed by atoms with van der Waals surface area (Å²) >= 11 is 0. The molecule has 0 unspecified atom stereocenters. The monoisotopic (exact) mass is 245 g/mol. The molecule has 0 aliphatic heterocycles. The van der Waals surface area contributed by atoms with Crippen LogP contribution in [0.3, 0.4) is 0 Å². The maximum absolute atomic E-state index is 10.8. The minimum atomic E-state index is -0.454. The Bertz CT molecular complexity index is 618. The molecule has 0 fully saturated rings. The minimum absolute atomic E-state index is 0.00309. The quantitative estimate of drug-likeness (QED) is 0.504. The second-order valence-corrected chi connectivity index (χ2v) is 3.65. The number of nitrogens with two attached hydrogens (primary N) is 1. The number of hydrogen-bond donors (Lipinski definition) is 1. The molecule has 7 nitrogen and oxygen atoms in total. The van der Waals surface area contributed by atoms with Crippen molar-refractivity contribution < 1.29 is 4.92 Å². The van der Waals surface area contributed by atoms with E-state index >= 15 is 0 Å². The van der Waals surface area contributed by atoms with Gasteiger partial charge in [-0.15, -0.1) is 0 Å². The number of rotatable bonds is 3. The number of benzene rings is 1. The van der Waals surface area contributed by atoms with E-state index in [1.165, 1.54) is 17.0 Å². The molecule has 2 rings (SSSR count). The lowest BCUT2D eigenvalue weighted by molar-refractivity contribution is -0.385. The topological polar surface area (TPSA) is 99.3 Å². The van der Waals surface area contributed by atoms with E-state index in [0.717, 1.165) is 5.69 Å². The number of imidazole rings is 1. The van der Waals surface area contributed by atoms with Crippen LogP contribution in [0.1, 0.15) is 11.3 Å². The van der Waals surface area contributed by atoms with Crippen molar-refractivity contribution in [2.45, 2.75) is 6.92 Å². The minimum Gasteiger partial charge on any atom is -0.368 e. The van der Waals surface area contributed by atoms with Crippen molar-refractivity contribution in [1.29, 1.82) is 0 Å². The molecular weight excluding hydrogens is 234 g/mol. The van der Waals surface area contributed by atoms with Crippen molar-refractivity contribution >= 4 is 17.9 Å². The molecule has 1 aromatic carbocycles. The Morgan fingerprint density at radius 3 is 2.83 bits per heavy atom. The van der Waals surface area contributed by atoms with Crippen LogP contribution in [0.4, 0.5) is 11.6 Å². The van der Waals surface area contributed by atoms with Crippen molar-refractivity contribution in [3.8, 4) is 0 Å². The first-order valence-electron chi connectivity index (χ1n) is 5.17. The fourth-order valence-corrected chi connectivity index (χ4v) is 1.48. The standard InChI is InChI=1S/C11H11N5O2/c1-8-7-15(11(12)14-8)13-6-9-4-2-3-5-10(9)16(17)18/h2-7H,1H3,(H2,12,14). The number of nitro benzene ring substituents is 1. The largest absolute Gasteiger partial charge is 0.368 e. The molecule has 0 saturated carbocycles. The molecule has 0 amide bonds. The van der Waals surface area contributed by atoms with E-state index in [1.807, 2.05) is 0 Å². The number of aryl methyl sites for hydroxylation is 1. The molecule has 0 radical (unpaired) electrons. The highest BCUT2D eigenvalue weighted by molar-refractivity contribution is 5.85. The molecular formula is C11H11N5O2. The van der Waals surface area contributed by atoms with Crippen molar-refractivity contribution in [2.24, 2.45) is 5.10 Å². The van der Waals surface area contributed by atoms with E-state index in [0.29, 0.717) is 5.56 Å². The molecule has 2 aromatic rings. The zero-order valence-corrected chi connectivity index (χ0v) is 9.65. The zero-order chi connectivity index (χ0) is 13.1. The molecule has 92 valence electrons. The van der Waals surface area contributed by atoms with E-state index in [-0.39, 0.29) is 11.6 Å². The molecule has 0 saturated heterocycles. The Kier molecular flexibility index (Phi) is 3.05. The second-order valence-electron chi connectivity index (χ2n) is 3.65. The van der Waals surface area contributed by atoms with Crippen LogP contribution in [-0.2, 0) is 0 Å². The fourth-order valence-electron chi connectivity index (χ4n) is 1.48. The molecule has 0 spiro atoms. The van der Waals surface area contributed by atoms with Gasteiger partial charge in [-0.3, -0.25) is 10.1 Å². The maximum Gasteiger partial charge on any atom is 0.278 e. The molecule has 1 aromatic heterocycles. The number of para-hydroxylation sites is 1. The summed E-state index contributed by atoms with van der Waals surface area (Å²) in [5, 5.41) is 14.8. The van der Waals surface area contributed by atoms with Crippen molar-refractivity contribution in [2.75, 3.05) is 5.73 Å². The summed E-state index contributed by atoms with van der Waals surface area (Å²) in [7, 11) is 0. The van der Waals surface area contributed by atoms with Crippen molar-refractivity contribution in [3.05, 3.63) is 51.8 Å². The molecule has 1 heterocycles. The molecule has 7 heteroatoms. The summed E-state index contributed by atoms with van der Waals surface area (Å²) in [5.41, 5.74) is 6.74. The summed E-state index contributed by atoms with van der Waals surface area (Å²) in [6.45, 7) is 1.79. The average molecular weight is 245 g/mol. The SMILES string of the molecule is Cc1cn(N=Cc2ccccc2[N+](=O)[O-])c(N)n1. The van der Waals surface area contributed by atoms with Gasteiger partial charge in [0.25, 0.3) is 5.69 Å². The third-order valence-corrected chi connectivity index (χ3v) is 2.29. The van der Waals surface area contributed by atoms with E-state index in [1.54, 1.807) is 31.3 Å². The van der Waals surface area contributed by atoms with Gasteiger partial charge in [0.2, 0.25) is 5.95 Å². The van der Waals surface area contributed by atoms with Crippen molar-refractivity contribution in [1.82, 2.24) is 9.66 Å². The van der Waals surface area contributed by atoms with E-state index < -0.39 is 4.92 Å². The van der Waals surface area contributed by atoms with Crippen LogP contribution < -0.4 is 5.73 Å². The number of anilines is 1. The molecule has 0 atom stereocenters. The first kappa shape index (κ1) is 11.8. The number of nitrogen functional groups attached to an aromatic ring is 1. The van der Waals surface area contributed by atoms with Crippen molar-refractivity contribution in [3.63, 3.8) is 0 Å². The fraction of sp³-hybridized carbons (Fsp3) is 0.0909.